The lowest BCUT2D eigenvalue weighted by atomic mass is 10.1. The van der Waals surface area contributed by atoms with Gasteiger partial charge in [-0.1, -0.05) is 17.7 Å². The summed E-state index contributed by atoms with van der Waals surface area (Å²) in [5, 5.41) is 15.8. The van der Waals surface area contributed by atoms with Gasteiger partial charge < -0.3 is 10.1 Å². The molecule has 0 bridgehead atoms. The minimum Gasteiger partial charge on any atom is -0.461 e. The summed E-state index contributed by atoms with van der Waals surface area (Å²) in [5.74, 6) is -2.10. The second-order valence-electron chi connectivity index (χ2n) is 5.60. The number of aromatic nitrogens is 2. The van der Waals surface area contributed by atoms with E-state index in [9.17, 15) is 13.6 Å². The van der Waals surface area contributed by atoms with Gasteiger partial charge in [0.1, 0.15) is 16.8 Å². The van der Waals surface area contributed by atoms with Gasteiger partial charge >= 0.3 is 5.97 Å². The molecular formula is C18H19ClF2N4O2. The first kappa shape index (κ1) is 20.8. The van der Waals surface area contributed by atoms with Crippen LogP contribution in [0.1, 0.15) is 35.0 Å². The van der Waals surface area contributed by atoms with Crippen LogP contribution in [-0.2, 0) is 17.7 Å². The van der Waals surface area contributed by atoms with Crippen molar-refractivity contribution < 1.29 is 18.3 Å². The van der Waals surface area contributed by atoms with E-state index in [4.69, 9.17) is 21.6 Å². The summed E-state index contributed by atoms with van der Waals surface area (Å²) in [6, 6.07) is 5.56. The fourth-order valence-electron chi connectivity index (χ4n) is 2.48. The number of nitrogens with one attached hydrogen (secondary N) is 1. The summed E-state index contributed by atoms with van der Waals surface area (Å²) in [5.41, 5.74) is 0.244. The molecule has 2 rings (SSSR count). The van der Waals surface area contributed by atoms with Crippen LogP contribution in [0.25, 0.3) is 0 Å². The third kappa shape index (κ3) is 5.25. The van der Waals surface area contributed by atoms with Crippen LogP contribution >= 0.6 is 11.6 Å². The molecule has 1 heterocycles. The van der Waals surface area contributed by atoms with Crippen molar-refractivity contribution in [1.29, 1.82) is 5.26 Å². The molecule has 0 spiro atoms. The van der Waals surface area contributed by atoms with Crippen LogP contribution in [-0.4, -0.2) is 35.4 Å². The van der Waals surface area contributed by atoms with Crippen molar-refractivity contribution in [3.63, 3.8) is 0 Å². The zero-order chi connectivity index (χ0) is 19.8. The Kier molecular flexibility index (Phi) is 7.70. The lowest BCUT2D eigenvalue weighted by Crippen LogP contribution is -2.19. The lowest BCUT2D eigenvalue weighted by Gasteiger charge is -2.07. The molecule has 0 fully saturated rings. The predicted molar refractivity (Wildman–Crippen MR) is 95.5 cm³/mol. The molecule has 9 heteroatoms. The predicted octanol–water partition coefficient (Wildman–Crippen LogP) is 3.09. The molecule has 0 unspecified atom stereocenters. The quantitative estimate of drug-likeness (QED) is 0.520. The van der Waals surface area contributed by atoms with Crippen molar-refractivity contribution in [2.24, 2.45) is 0 Å². The summed E-state index contributed by atoms with van der Waals surface area (Å²) < 4.78 is 34.0. The molecule has 0 aliphatic carbocycles. The molecule has 0 aliphatic rings. The van der Waals surface area contributed by atoms with Crippen LogP contribution in [0.5, 0.6) is 0 Å². The van der Waals surface area contributed by atoms with E-state index in [1.165, 1.54) is 10.7 Å². The molecule has 27 heavy (non-hydrogen) atoms. The highest BCUT2D eigenvalue weighted by Crippen LogP contribution is 2.24. The van der Waals surface area contributed by atoms with Gasteiger partial charge in [-0.2, -0.15) is 10.4 Å². The molecular weight excluding hydrogens is 378 g/mol. The monoisotopic (exact) mass is 396 g/mol. The number of halogens is 3. The van der Waals surface area contributed by atoms with E-state index in [1.807, 2.05) is 6.07 Å². The number of carbonyl (C=O) groups excluding carboxylic acids is 1. The molecule has 0 saturated heterocycles. The zero-order valence-corrected chi connectivity index (χ0v) is 15.5. The number of nitriles is 1. The molecule has 0 atom stereocenters. The Labute approximate surface area is 160 Å². The average Bonchev–Trinajstić information content (AvgIpc) is 2.94. The standard InChI is InChI=1S/C18H19ClF2N4O2/c1-2-27-18(26)16-12(7-10-23-9-4-8-22)17(19)25(24-16)11-13-14(20)5-3-6-15(13)21/h3,5-6,23H,2,4,7,9-11H2,1H3. The molecule has 0 radical (unpaired) electrons. The fourth-order valence-corrected chi connectivity index (χ4v) is 2.77. The van der Waals surface area contributed by atoms with Crippen molar-refractivity contribution in [3.05, 3.63) is 51.8 Å². The normalized spacial score (nSPS) is 10.6. The Balaban J connectivity index is 2.28. The Hall–Kier alpha value is -2.50. The van der Waals surface area contributed by atoms with Crippen molar-refractivity contribution in [1.82, 2.24) is 15.1 Å². The van der Waals surface area contributed by atoms with Crippen LogP contribution in [0.15, 0.2) is 18.2 Å². The van der Waals surface area contributed by atoms with E-state index in [0.29, 0.717) is 31.5 Å². The minimum atomic E-state index is -0.723. The molecule has 1 aromatic heterocycles. The van der Waals surface area contributed by atoms with E-state index in [1.54, 1.807) is 6.92 Å². The highest BCUT2D eigenvalue weighted by atomic mass is 35.5. The molecule has 2 aromatic rings. The van der Waals surface area contributed by atoms with Crippen molar-refractivity contribution in [2.75, 3.05) is 19.7 Å². The fraction of sp³-hybridized carbons (Fsp3) is 0.389. The molecule has 1 N–H and O–H groups in total. The summed E-state index contributed by atoms with van der Waals surface area (Å²) in [7, 11) is 0. The van der Waals surface area contributed by atoms with Crippen molar-refractivity contribution >= 4 is 17.6 Å². The number of carbonyl (C=O) groups is 1. The number of hydrogen-bond acceptors (Lipinski definition) is 5. The largest absolute Gasteiger partial charge is 0.461 e. The Morgan fingerprint density at radius 2 is 2.04 bits per heavy atom. The summed E-state index contributed by atoms with van der Waals surface area (Å²) in [6.45, 7) is 2.51. The minimum absolute atomic E-state index is 0.0145. The number of benzene rings is 1. The van der Waals surface area contributed by atoms with E-state index < -0.39 is 17.6 Å². The highest BCUT2D eigenvalue weighted by Gasteiger charge is 2.24. The van der Waals surface area contributed by atoms with Crippen LogP contribution < -0.4 is 5.32 Å². The summed E-state index contributed by atoms with van der Waals surface area (Å²) in [4.78, 5) is 12.2. The van der Waals surface area contributed by atoms with Gasteiger partial charge in [0.15, 0.2) is 5.69 Å². The third-order valence-electron chi connectivity index (χ3n) is 3.79. The van der Waals surface area contributed by atoms with Gasteiger partial charge in [0.05, 0.1) is 19.2 Å². The Morgan fingerprint density at radius 1 is 1.33 bits per heavy atom. The van der Waals surface area contributed by atoms with Crippen LogP contribution in [0.2, 0.25) is 5.15 Å². The maximum atomic E-state index is 13.9. The molecule has 1 aromatic carbocycles. The van der Waals surface area contributed by atoms with Crippen LogP contribution in [0, 0.1) is 23.0 Å². The SMILES string of the molecule is CCOC(=O)c1nn(Cc2c(F)cccc2F)c(Cl)c1CCNCCC#N. The second kappa shape index (κ2) is 10.00. The maximum absolute atomic E-state index is 13.9. The van der Waals surface area contributed by atoms with E-state index in [-0.39, 0.29) is 29.6 Å². The van der Waals surface area contributed by atoms with Gasteiger partial charge in [0, 0.05) is 24.1 Å². The smallest absolute Gasteiger partial charge is 0.359 e. The first-order valence-electron chi connectivity index (χ1n) is 8.42. The molecule has 0 saturated carbocycles. The Morgan fingerprint density at radius 3 is 2.67 bits per heavy atom. The average molecular weight is 397 g/mol. The number of hydrogen-bond donors (Lipinski definition) is 1. The number of ether oxygens (including phenoxy) is 1. The van der Waals surface area contributed by atoms with Gasteiger partial charge in [-0.05, 0) is 32.0 Å². The number of nitrogens with zero attached hydrogens (tertiary/aromatic N) is 3. The van der Waals surface area contributed by atoms with E-state index >= 15 is 0 Å². The topological polar surface area (TPSA) is 79.9 Å². The first-order valence-corrected chi connectivity index (χ1v) is 8.80. The van der Waals surface area contributed by atoms with E-state index in [2.05, 4.69) is 10.4 Å². The van der Waals surface area contributed by atoms with Gasteiger partial charge in [-0.15, -0.1) is 0 Å². The maximum Gasteiger partial charge on any atom is 0.359 e. The van der Waals surface area contributed by atoms with Crippen LogP contribution in [0.3, 0.4) is 0 Å². The van der Waals surface area contributed by atoms with Crippen molar-refractivity contribution in [2.45, 2.75) is 26.3 Å². The lowest BCUT2D eigenvalue weighted by molar-refractivity contribution is 0.0517. The molecule has 0 amide bonds. The van der Waals surface area contributed by atoms with E-state index in [0.717, 1.165) is 12.1 Å². The highest BCUT2D eigenvalue weighted by molar-refractivity contribution is 6.30. The van der Waals surface area contributed by atoms with Gasteiger partial charge in [0.25, 0.3) is 0 Å². The zero-order valence-electron chi connectivity index (χ0n) is 14.8. The Bertz CT molecular complexity index is 828. The third-order valence-corrected chi connectivity index (χ3v) is 4.21. The second-order valence-corrected chi connectivity index (χ2v) is 5.96. The van der Waals surface area contributed by atoms with Crippen LogP contribution in [0.4, 0.5) is 8.78 Å². The van der Waals surface area contributed by atoms with Gasteiger partial charge in [0.2, 0.25) is 0 Å². The summed E-state index contributed by atoms with van der Waals surface area (Å²) in [6.07, 6.45) is 0.697. The first-order chi connectivity index (χ1) is 13.0. The van der Waals surface area contributed by atoms with Gasteiger partial charge in [-0.3, -0.25) is 0 Å². The molecule has 0 aliphatic heterocycles. The van der Waals surface area contributed by atoms with Crippen molar-refractivity contribution in [3.8, 4) is 6.07 Å². The number of esters is 1. The number of rotatable bonds is 9. The molecule has 144 valence electrons. The van der Waals surface area contributed by atoms with Gasteiger partial charge in [-0.25, -0.2) is 18.3 Å². The molecule has 6 nitrogen and oxygen atoms in total. The summed E-state index contributed by atoms with van der Waals surface area (Å²) >= 11 is 6.34.